The second-order valence-corrected chi connectivity index (χ2v) is 6.22. The third kappa shape index (κ3) is 2.67. The third-order valence-corrected chi connectivity index (χ3v) is 4.41. The van der Waals surface area contributed by atoms with Crippen molar-refractivity contribution in [1.82, 2.24) is 0 Å². The van der Waals surface area contributed by atoms with Crippen LogP contribution in [-0.4, -0.2) is 0 Å². The lowest BCUT2D eigenvalue weighted by Gasteiger charge is -2.10. The molecule has 1 aromatic heterocycles. The minimum Gasteiger partial charge on any atom is -0.207 e. The Morgan fingerprint density at radius 3 is 2.18 bits per heavy atom. The van der Waals surface area contributed by atoms with Crippen LogP contribution < -0.4 is 0 Å². The molecule has 0 saturated carbocycles. The van der Waals surface area contributed by atoms with Gasteiger partial charge >= 0.3 is 0 Å². The molecule has 1 unspecified atom stereocenters. The molecule has 0 aliphatic carbocycles. The van der Waals surface area contributed by atoms with E-state index in [-0.39, 0.29) is 5.56 Å². The summed E-state index contributed by atoms with van der Waals surface area (Å²) in [5.74, 6) is -2.92. The molecule has 0 aliphatic rings. The Morgan fingerprint density at radius 1 is 1.12 bits per heavy atom. The van der Waals surface area contributed by atoms with Crippen molar-refractivity contribution in [3.05, 3.63) is 55.9 Å². The summed E-state index contributed by atoms with van der Waals surface area (Å²) >= 11 is 10.5. The van der Waals surface area contributed by atoms with E-state index in [1.807, 2.05) is 0 Å². The Kier molecular flexibility index (Phi) is 3.80. The average Bonchev–Trinajstić information content (AvgIpc) is 2.63. The van der Waals surface area contributed by atoms with E-state index in [2.05, 4.69) is 15.9 Å². The summed E-state index contributed by atoms with van der Waals surface area (Å²) in [4.78, 5) is 0.586. The highest BCUT2D eigenvalue weighted by Gasteiger charge is 2.22. The van der Waals surface area contributed by atoms with Crippen LogP contribution in [0.15, 0.2) is 28.1 Å². The van der Waals surface area contributed by atoms with Gasteiger partial charge in [-0.3, -0.25) is 0 Å². The summed E-state index contributed by atoms with van der Waals surface area (Å²) in [6.07, 6.45) is 0. The lowest BCUT2D eigenvalue weighted by Crippen LogP contribution is -2.00. The Balaban J connectivity index is 2.47. The molecule has 0 radical (unpaired) electrons. The summed E-state index contributed by atoms with van der Waals surface area (Å²) < 4.78 is 40.5. The van der Waals surface area contributed by atoms with E-state index in [1.165, 1.54) is 11.3 Å². The van der Waals surface area contributed by atoms with Crippen LogP contribution >= 0.6 is 38.9 Å². The predicted molar refractivity (Wildman–Crippen MR) is 66.0 cm³/mol. The lowest BCUT2D eigenvalue weighted by atomic mass is 10.1. The summed E-state index contributed by atoms with van der Waals surface area (Å²) in [6, 6.07) is 4.64. The van der Waals surface area contributed by atoms with E-state index in [1.54, 1.807) is 12.1 Å². The Morgan fingerprint density at radius 2 is 1.71 bits per heavy atom. The molecule has 1 aromatic carbocycles. The quantitative estimate of drug-likeness (QED) is 0.654. The molecule has 0 fully saturated rings. The molecule has 0 saturated heterocycles. The average molecular weight is 342 g/mol. The van der Waals surface area contributed by atoms with Crippen LogP contribution in [0.3, 0.4) is 0 Å². The van der Waals surface area contributed by atoms with Gasteiger partial charge in [-0.2, -0.15) is 0 Å². The monoisotopic (exact) mass is 340 g/mol. The van der Waals surface area contributed by atoms with Gasteiger partial charge in [-0.1, -0.05) is 0 Å². The molecule has 0 nitrogen and oxygen atoms in total. The highest BCUT2D eigenvalue weighted by molar-refractivity contribution is 9.11. The summed E-state index contributed by atoms with van der Waals surface area (Å²) in [6.45, 7) is 0. The Labute approximate surface area is 113 Å². The molecular formula is C11H5BrClF3S. The maximum atomic E-state index is 13.5. The maximum Gasteiger partial charge on any atom is 0.134 e. The number of hydrogen-bond acceptors (Lipinski definition) is 1. The molecule has 2 rings (SSSR count). The van der Waals surface area contributed by atoms with Crippen LogP contribution in [0.5, 0.6) is 0 Å². The first kappa shape index (κ1) is 12.9. The van der Waals surface area contributed by atoms with Gasteiger partial charge in [0.2, 0.25) is 0 Å². The minimum absolute atomic E-state index is 0.331. The normalized spacial score (nSPS) is 12.8. The summed E-state index contributed by atoms with van der Waals surface area (Å²) in [5, 5.41) is -0.966. The Hall–Kier alpha value is -0.520. The molecule has 1 atom stereocenters. The fraction of sp³-hybridized carbons (Fsp3) is 0.0909. The molecule has 90 valence electrons. The van der Waals surface area contributed by atoms with Gasteiger partial charge in [0, 0.05) is 22.6 Å². The van der Waals surface area contributed by atoms with Gasteiger partial charge in [0.15, 0.2) is 0 Å². The molecule has 0 spiro atoms. The van der Waals surface area contributed by atoms with Crippen LogP contribution in [-0.2, 0) is 0 Å². The molecular weight excluding hydrogens is 337 g/mol. The lowest BCUT2D eigenvalue weighted by molar-refractivity contribution is 0.526. The number of thiophene rings is 1. The van der Waals surface area contributed by atoms with Gasteiger partial charge in [-0.25, -0.2) is 13.2 Å². The third-order valence-electron chi connectivity index (χ3n) is 2.14. The highest BCUT2D eigenvalue weighted by atomic mass is 79.9. The smallest absolute Gasteiger partial charge is 0.134 e. The van der Waals surface area contributed by atoms with Gasteiger partial charge in [-0.05, 0) is 28.1 Å². The number of benzene rings is 1. The van der Waals surface area contributed by atoms with E-state index >= 15 is 0 Å². The second-order valence-electron chi connectivity index (χ2n) is 3.29. The van der Waals surface area contributed by atoms with Crippen molar-refractivity contribution < 1.29 is 13.2 Å². The van der Waals surface area contributed by atoms with E-state index in [9.17, 15) is 13.2 Å². The molecule has 0 aliphatic heterocycles. The van der Waals surface area contributed by atoms with Gasteiger partial charge < -0.3 is 0 Å². The van der Waals surface area contributed by atoms with Crippen LogP contribution in [0.25, 0.3) is 0 Å². The van der Waals surface area contributed by atoms with Crippen LogP contribution in [0.2, 0.25) is 0 Å². The number of alkyl halides is 1. The topological polar surface area (TPSA) is 0 Å². The molecule has 1 heterocycles. The van der Waals surface area contributed by atoms with Crippen LogP contribution in [0, 0.1) is 17.5 Å². The van der Waals surface area contributed by atoms with Crippen molar-refractivity contribution in [2.24, 2.45) is 0 Å². The van der Waals surface area contributed by atoms with Crippen molar-refractivity contribution in [1.29, 1.82) is 0 Å². The van der Waals surface area contributed by atoms with Gasteiger partial charge in [-0.15, -0.1) is 22.9 Å². The summed E-state index contributed by atoms with van der Waals surface area (Å²) in [7, 11) is 0. The molecule has 6 heteroatoms. The van der Waals surface area contributed by atoms with E-state index in [4.69, 9.17) is 11.6 Å². The highest BCUT2D eigenvalue weighted by Crippen LogP contribution is 2.37. The van der Waals surface area contributed by atoms with E-state index in [0.29, 0.717) is 17.0 Å². The number of halogens is 5. The second kappa shape index (κ2) is 5.00. The number of hydrogen-bond donors (Lipinski definition) is 0. The summed E-state index contributed by atoms with van der Waals surface area (Å²) in [5.41, 5.74) is -0.331. The van der Waals surface area contributed by atoms with Crippen molar-refractivity contribution >= 4 is 38.9 Å². The molecule has 2 aromatic rings. The Bertz CT molecular complexity index is 532. The first-order valence-electron chi connectivity index (χ1n) is 4.53. The van der Waals surface area contributed by atoms with Crippen molar-refractivity contribution in [3.63, 3.8) is 0 Å². The molecule has 0 amide bonds. The fourth-order valence-electron chi connectivity index (χ4n) is 1.40. The minimum atomic E-state index is -0.980. The zero-order valence-corrected chi connectivity index (χ0v) is 11.3. The molecule has 0 N–H and O–H groups in total. The van der Waals surface area contributed by atoms with Gasteiger partial charge in [0.1, 0.15) is 17.5 Å². The van der Waals surface area contributed by atoms with Gasteiger partial charge in [0.25, 0.3) is 0 Å². The van der Waals surface area contributed by atoms with E-state index < -0.39 is 22.8 Å². The molecule has 17 heavy (non-hydrogen) atoms. The van der Waals surface area contributed by atoms with Crippen molar-refractivity contribution in [2.45, 2.75) is 5.38 Å². The van der Waals surface area contributed by atoms with E-state index in [0.717, 1.165) is 3.79 Å². The van der Waals surface area contributed by atoms with Crippen LogP contribution in [0.1, 0.15) is 15.8 Å². The predicted octanol–water partition coefficient (Wildman–Crippen LogP) is 5.26. The zero-order valence-electron chi connectivity index (χ0n) is 8.18. The number of rotatable bonds is 2. The first-order chi connectivity index (χ1) is 7.99. The standard InChI is InChI=1S/C11H5BrClF3S/c12-9-2-1-8(17-9)11(13)10-6(15)3-5(14)4-7(10)16/h1-4,11H. The molecule has 0 bridgehead atoms. The van der Waals surface area contributed by atoms with Crippen molar-refractivity contribution in [3.8, 4) is 0 Å². The fourth-order valence-corrected chi connectivity index (χ4v) is 3.23. The largest absolute Gasteiger partial charge is 0.207 e. The van der Waals surface area contributed by atoms with Gasteiger partial charge in [0.05, 0.1) is 9.16 Å². The van der Waals surface area contributed by atoms with Crippen molar-refractivity contribution in [2.75, 3.05) is 0 Å². The SMILES string of the molecule is Fc1cc(F)c(C(Cl)c2ccc(Br)s2)c(F)c1. The first-order valence-corrected chi connectivity index (χ1v) is 6.57. The maximum absolute atomic E-state index is 13.5. The van der Waals surface area contributed by atoms with Crippen LogP contribution in [0.4, 0.5) is 13.2 Å². The zero-order chi connectivity index (χ0) is 12.6.